The number of nitrogens with one attached hydrogen (secondary N) is 1. The number of hydrogen-bond acceptors (Lipinski definition) is 3. The van der Waals surface area contributed by atoms with Crippen LogP contribution in [0.3, 0.4) is 0 Å². The maximum Gasteiger partial charge on any atom is 0.251 e. The predicted molar refractivity (Wildman–Crippen MR) is 73.8 cm³/mol. The Bertz CT molecular complexity index is 464. The van der Waals surface area contributed by atoms with E-state index < -0.39 is 10.0 Å². The highest BCUT2D eigenvalue weighted by Crippen LogP contribution is 2.29. The predicted octanol–water partition coefficient (Wildman–Crippen LogP) is 3.37. The molecule has 1 heterocycles. The summed E-state index contributed by atoms with van der Waals surface area (Å²) >= 11 is 4.49. The topological polar surface area (TPSA) is 46.2 Å². The molecule has 1 aliphatic rings. The van der Waals surface area contributed by atoms with Gasteiger partial charge in [0.25, 0.3) is 10.0 Å². The maximum atomic E-state index is 12.0. The molecule has 0 radical (unpaired) electrons. The number of sulfonamides is 1. The molecule has 0 atom stereocenters. The van der Waals surface area contributed by atoms with Crippen LogP contribution < -0.4 is 4.72 Å². The molecule has 0 aromatic carbocycles. The zero-order chi connectivity index (χ0) is 12.3. The van der Waals surface area contributed by atoms with Crippen LogP contribution in [0.15, 0.2) is 20.1 Å². The number of rotatable bonds is 5. The zero-order valence-corrected chi connectivity index (χ0v) is 12.7. The van der Waals surface area contributed by atoms with E-state index in [-0.39, 0.29) is 0 Å². The third kappa shape index (κ3) is 3.53. The van der Waals surface area contributed by atoms with Crippen LogP contribution in [0.25, 0.3) is 0 Å². The lowest BCUT2D eigenvalue weighted by Crippen LogP contribution is -2.25. The Morgan fingerprint density at radius 1 is 1.41 bits per heavy atom. The molecule has 1 aromatic rings. The lowest BCUT2D eigenvalue weighted by atomic mass is 10.1. The minimum atomic E-state index is -3.32. The van der Waals surface area contributed by atoms with Crippen molar-refractivity contribution >= 4 is 37.3 Å². The normalized spacial score (nSPS) is 17.7. The van der Waals surface area contributed by atoms with Gasteiger partial charge >= 0.3 is 0 Å². The summed E-state index contributed by atoms with van der Waals surface area (Å²) in [6.45, 7) is 0.553. The van der Waals surface area contributed by atoms with Crippen LogP contribution in [0.2, 0.25) is 0 Å². The van der Waals surface area contributed by atoms with Crippen molar-refractivity contribution in [3.8, 4) is 0 Å². The number of hydrogen-bond donors (Lipinski definition) is 1. The van der Waals surface area contributed by atoms with E-state index >= 15 is 0 Å². The van der Waals surface area contributed by atoms with Gasteiger partial charge in [0.15, 0.2) is 0 Å². The highest BCUT2D eigenvalue weighted by molar-refractivity contribution is 9.10. The van der Waals surface area contributed by atoms with Crippen molar-refractivity contribution in [1.29, 1.82) is 0 Å². The van der Waals surface area contributed by atoms with Gasteiger partial charge in [-0.2, -0.15) is 0 Å². The SMILES string of the molecule is O=S(=O)(NCCC1CCCC1)c1sccc1Br. The van der Waals surface area contributed by atoms with Crippen molar-refractivity contribution in [3.63, 3.8) is 0 Å². The molecule has 0 spiro atoms. The van der Waals surface area contributed by atoms with Crippen LogP contribution in [0, 0.1) is 5.92 Å². The molecular weight excluding hydrogens is 322 g/mol. The number of thiophene rings is 1. The molecule has 1 aliphatic carbocycles. The van der Waals surface area contributed by atoms with Crippen molar-refractivity contribution in [2.24, 2.45) is 5.92 Å². The quantitative estimate of drug-likeness (QED) is 0.895. The van der Waals surface area contributed by atoms with Crippen LogP contribution in [0.4, 0.5) is 0 Å². The van der Waals surface area contributed by atoms with Crippen LogP contribution in [0.1, 0.15) is 32.1 Å². The first kappa shape index (κ1) is 13.5. The Labute approximate surface area is 115 Å². The van der Waals surface area contributed by atoms with E-state index in [9.17, 15) is 8.42 Å². The van der Waals surface area contributed by atoms with Crippen LogP contribution >= 0.6 is 27.3 Å². The highest BCUT2D eigenvalue weighted by atomic mass is 79.9. The summed E-state index contributed by atoms with van der Waals surface area (Å²) in [5.74, 6) is 0.712. The van der Waals surface area contributed by atoms with Crippen molar-refractivity contribution in [1.82, 2.24) is 4.72 Å². The van der Waals surface area contributed by atoms with Crippen molar-refractivity contribution in [2.75, 3.05) is 6.54 Å². The summed E-state index contributed by atoms with van der Waals surface area (Å²) in [5, 5.41) is 1.77. The second-order valence-electron chi connectivity index (χ2n) is 4.39. The van der Waals surface area contributed by atoms with E-state index in [0.717, 1.165) is 6.42 Å². The molecule has 0 aliphatic heterocycles. The Balaban J connectivity index is 1.87. The minimum absolute atomic E-state index is 0.379. The van der Waals surface area contributed by atoms with Crippen molar-refractivity contribution < 1.29 is 8.42 Å². The van der Waals surface area contributed by atoms with Gasteiger partial charge in [0.05, 0.1) is 0 Å². The molecule has 1 saturated carbocycles. The summed E-state index contributed by atoms with van der Waals surface area (Å²) in [6.07, 6.45) is 6.07. The third-order valence-corrected chi connectivity index (χ3v) is 7.28. The summed E-state index contributed by atoms with van der Waals surface area (Å²) in [4.78, 5) is 0. The van der Waals surface area contributed by atoms with Crippen LogP contribution in [-0.4, -0.2) is 15.0 Å². The minimum Gasteiger partial charge on any atom is -0.210 e. The Morgan fingerprint density at radius 3 is 2.71 bits per heavy atom. The van der Waals surface area contributed by atoms with Crippen LogP contribution in [0.5, 0.6) is 0 Å². The molecule has 3 nitrogen and oxygen atoms in total. The second-order valence-corrected chi connectivity index (χ2v) is 8.13. The molecule has 2 rings (SSSR count). The fraction of sp³-hybridized carbons (Fsp3) is 0.636. The Hall–Kier alpha value is 0.0900. The smallest absolute Gasteiger partial charge is 0.210 e. The molecule has 0 amide bonds. The average molecular weight is 338 g/mol. The number of halogens is 1. The largest absolute Gasteiger partial charge is 0.251 e. The first-order valence-electron chi connectivity index (χ1n) is 5.82. The molecule has 0 unspecified atom stereocenters. The maximum absolute atomic E-state index is 12.0. The second kappa shape index (κ2) is 5.82. The standard InChI is InChI=1S/C11H16BrNO2S2/c12-10-6-8-16-11(10)17(14,15)13-7-5-9-3-1-2-4-9/h6,8-9,13H,1-5,7H2. The van der Waals surface area contributed by atoms with Gasteiger partial charge in [-0.25, -0.2) is 13.1 Å². The molecule has 1 N–H and O–H groups in total. The Kier molecular flexibility index (Phi) is 4.63. The van der Waals surface area contributed by atoms with Gasteiger partial charge < -0.3 is 0 Å². The van der Waals surface area contributed by atoms with Gasteiger partial charge in [0.1, 0.15) is 4.21 Å². The summed E-state index contributed by atoms with van der Waals surface area (Å²) < 4.78 is 27.6. The lowest BCUT2D eigenvalue weighted by Gasteiger charge is -2.09. The van der Waals surface area contributed by atoms with Gasteiger partial charge in [-0.05, 0) is 39.7 Å². The molecule has 1 aromatic heterocycles. The molecule has 96 valence electrons. The fourth-order valence-electron chi connectivity index (χ4n) is 2.23. The van der Waals surface area contributed by atoms with Gasteiger partial charge in [-0.1, -0.05) is 25.7 Å². The fourth-order valence-corrected chi connectivity index (χ4v) is 5.66. The summed E-state index contributed by atoms with van der Waals surface area (Å²) in [5.41, 5.74) is 0. The Morgan fingerprint density at radius 2 is 2.12 bits per heavy atom. The van der Waals surface area contributed by atoms with E-state index in [1.165, 1.54) is 37.0 Å². The van der Waals surface area contributed by atoms with Crippen molar-refractivity contribution in [3.05, 3.63) is 15.9 Å². The monoisotopic (exact) mass is 337 g/mol. The highest BCUT2D eigenvalue weighted by Gasteiger charge is 2.20. The first-order valence-corrected chi connectivity index (χ1v) is 8.98. The molecule has 0 saturated heterocycles. The van der Waals surface area contributed by atoms with Gasteiger partial charge in [0.2, 0.25) is 0 Å². The molecule has 17 heavy (non-hydrogen) atoms. The zero-order valence-electron chi connectivity index (χ0n) is 9.49. The van der Waals surface area contributed by atoms with E-state index in [2.05, 4.69) is 20.7 Å². The first-order chi connectivity index (χ1) is 8.09. The van der Waals surface area contributed by atoms with E-state index in [0.29, 0.717) is 21.1 Å². The molecular formula is C11H16BrNO2S2. The van der Waals surface area contributed by atoms with Crippen LogP contribution in [-0.2, 0) is 10.0 Å². The third-order valence-electron chi connectivity index (χ3n) is 3.15. The van der Waals surface area contributed by atoms with E-state index in [1.807, 2.05) is 0 Å². The summed E-state index contributed by atoms with van der Waals surface area (Å²) in [6, 6.07) is 1.76. The van der Waals surface area contributed by atoms with Gasteiger partial charge in [-0.15, -0.1) is 11.3 Å². The van der Waals surface area contributed by atoms with Crippen molar-refractivity contribution in [2.45, 2.75) is 36.3 Å². The van der Waals surface area contributed by atoms with E-state index in [1.54, 1.807) is 11.4 Å². The molecule has 6 heteroatoms. The van der Waals surface area contributed by atoms with Gasteiger partial charge in [-0.3, -0.25) is 0 Å². The lowest BCUT2D eigenvalue weighted by molar-refractivity contribution is 0.496. The van der Waals surface area contributed by atoms with E-state index in [4.69, 9.17) is 0 Å². The van der Waals surface area contributed by atoms with Gasteiger partial charge in [0, 0.05) is 11.0 Å². The molecule has 1 fully saturated rings. The molecule has 0 bridgehead atoms. The summed E-state index contributed by atoms with van der Waals surface area (Å²) in [7, 11) is -3.32. The average Bonchev–Trinajstić information content (AvgIpc) is 2.88.